The highest BCUT2D eigenvalue weighted by Gasteiger charge is 2.17. The first kappa shape index (κ1) is 16.0. The van der Waals surface area contributed by atoms with Gasteiger partial charge in [0.1, 0.15) is 5.82 Å². The predicted molar refractivity (Wildman–Crippen MR) is 95.8 cm³/mol. The molecule has 0 aliphatic carbocycles. The molecule has 2 aromatic rings. The molecule has 1 aliphatic rings. The average molecular weight is 332 g/mol. The van der Waals surface area contributed by atoms with E-state index in [2.05, 4.69) is 32.0 Å². The van der Waals surface area contributed by atoms with Gasteiger partial charge in [-0.3, -0.25) is 0 Å². The maximum Gasteiger partial charge on any atom is 0.229 e. The third-order valence-corrected chi connectivity index (χ3v) is 4.47. The molecule has 3 rings (SSSR count). The summed E-state index contributed by atoms with van der Waals surface area (Å²) in [6, 6.07) is 7.73. The normalized spacial score (nSPS) is 15.7. The molecule has 122 valence electrons. The van der Waals surface area contributed by atoms with Crippen LogP contribution in [0.5, 0.6) is 0 Å². The van der Waals surface area contributed by atoms with E-state index in [9.17, 15) is 0 Å². The largest absolute Gasteiger partial charge is 0.354 e. The molecular weight excluding hydrogens is 310 g/mol. The van der Waals surface area contributed by atoms with E-state index in [1.807, 2.05) is 31.2 Å². The van der Waals surface area contributed by atoms with Crippen molar-refractivity contribution < 1.29 is 0 Å². The van der Waals surface area contributed by atoms with Gasteiger partial charge in [-0.1, -0.05) is 24.6 Å². The molecule has 0 saturated carbocycles. The standard InChI is InChI=1S/C17H22ClN5/c1-3-22-8-10-23(11-9-22)16-6-7-19-17(21-16)20-15-12-14(18)5-4-13(15)2/h4-7,12H,3,8-11H2,1-2H3,(H,19,20,21). The molecule has 1 aromatic carbocycles. The predicted octanol–water partition coefficient (Wildman–Crippen LogP) is 3.32. The molecule has 1 aromatic heterocycles. The molecule has 2 heterocycles. The van der Waals surface area contributed by atoms with Crippen LogP contribution in [0, 0.1) is 6.92 Å². The minimum Gasteiger partial charge on any atom is -0.354 e. The Labute approximate surface area is 142 Å². The third kappa shape index (κ3) is 3.92. The van der Waals surface area contributed by atoms with Crippen LogP contribution in [-0.4, -0.2) is 47.6 Å². The van der Waals surface area contributed by atoms with Crippen molar-refractivity contribution in [3.05, 3.63) is 41.0 Å². The van der Waals surface area contributed by atoms with Gasteiger partial charge in [-0.15, -0.1) is 0 Å². The first-order chi connectivity index (χ1) is 11.2. The van der Waals surface area contributed by atoms with E-state index in [1.165, 1.54) is 0 Å². The van der Waals surface area contributed by atoms with Crippen LogP contribution in [0.1, 0.15) is 12.5 Å². The number of hydrogen-bond donors (Lipinski definition) is 1. The molecule has 0 spiro atoms. The molecular formula is C17H22ClN5. The Morgan fingerprint density at radius 2 is 1.96 bits per heavy atom. The molecule has 1 fully saturated rings. The van der Waals surface area contributed by atoms with Crippen molar-refractivity contribution in [1.29, 1.82) is 0 Å². The van der Waals surface area contributed by atoms with Crippen LogP contribution in [0.3, 0.4) is 0 Å². The maximum absolute atomic E-state index is 6.07. The van der Waals surface area contributed by atoms with Gasteiger partial charge in [0.05, 0.1) is 0 Å². The zero-order valence-corrected chi connectivity index (χ0v) is 14.3. The lowest BCUT2D eigenvalue weighted by Gasteiger charge is -2.34. The van der Waals surface area contributed by atoms with Gasteiger partial charge in [0.25, 0.3) is 0 Å². The maximum atomic E-state index is 6.07. The number of halogens is 1. The summed E-state index contributed by atoms with van der Waals surface area (Å²) >= 11 is 6.07. The second-order valence-corrected chi connectivity index (χ2v) is 6.18. The van der Waals surface area contributed by atoms with Crippen molar-refractivity contribution in [2.75, 3.05) is 42.9 Å². The number of hydrogen-bond acceptors (Lipinski definition) is 5. The summed E-state index contributed by atoms with van der Waals surface area (Å²) in [7, 11) is 0. The fourth-order valence-electron chi connectivity index (χ4n) is 2.73. The molecule has 0 radical (unpaired) electrons. The Kier molecular flexibility index (Phi) is 4.98. The van der Waals surface area contributed by atoms with E-state index in [4.69, 9.17) is 11.6 Å². The summed E-state index contributed by atoms with van der Waals surface area (Å²) in [6.07, 6.45) is 1.80. The average Bonchev–Trinajstić information content (AvgIpc) is 2.58. The van der Waals surface area contributed by atoms with Gasteiger partial charge in [0, 0.05) is 43.1 Å². The lowest BCUT2D eigenvalue weighted by atomic mass is 10.2. The number of nitrogens with one attached hydrogen (secondary N) is 1. The quantitative estimate of drug-likeness (QED) is 0.931. The van der Waals surface area contributed by atoms with Gasteiger partial charge in [-0.2, -0.15) is 4.98 Å². The SMILES string of the molecule is CCN1CCN(c2ccnc(Nc3cc(Cl)ccc3C)n2)CC1. The van der Waals surface area contributed by atoms with E-state index in [1.54, 1.807) is 6.20 Å². The first-order valence-electron chi connectivity index (χ1n) is 7.99. The highest BCUT2D eigenvalue weighted by molar-refractivity contribution is 6.30. The highest BCUT2D eigenvalue weighted by Crippen LogP contribution is 2.23. The van der Waals surface area contributed by atoms with Crippen LogP contribution in [0.2, 0.25) is 5.02 Å². The molecule has 0 amide bonds. The lowest BCUT2D eigenvalue weighted by Crippen LogP contribution is -2.46. The molecule has 1 aliphatic heterocycles. The summed E-state index contributed by atoms with van der Waals surface area (Å²) in [5, 5.41) is 3.97. The second kappa shape index (κ2) is 7.15. The number of benzene rings is 1. The van der Waals surface area contributed by atoms with E-state index in [0.717, 1.165) is 49.8 Å². The van der Waals surface area contributed by atoms with Crippen molar-refractivity contribution in [1.82, 2.24) is 14.9 Å². The molecule has 1 N–H and O–H groups in total. The molecule has 0 unspecified atom stereocenters. The van der Waals surface area contributed by atoms with Gasteiger partial charge in [0.15, 0.2) is 0 Å². The minimum atomic E-state index is 0.603. The monoisotopic (exact) mass is 331 g/mol. The van der Waals surface area contributed by atoms with Crippen LogP contribution >= 0.6 is 11.6 Å². The number of aromatic nitrogens is 2. The van der Waals surface area contributed by atoms with E-state index >= 15 is 0 Å². The van der Waals surface area contributed by atoms with Gasteiger partial charge in [-0.25, -0.2) is 4.98 Å². The van der Waals surface area contributed by atoms with Crippen LogP contribution in [0.4, 0.5) is 17.5 Å². The smallest absolute Gasteiger partial charge is 0.229 e. The van der Waals surface area contributed by atoms with Crippen LogP contribution in [0.25, 0.3) is 0 Å². The summed E-state index contributed by atoms with van der Waals surface area (Å²) in [5.74, 6) is 1.57. The molecule has 0 atom stereocenters. The molecule has 5 nitrogen and oxygen atoms in total. The number of aryl methyl sites for hydroxylation is 1. The van der Waals surface area contributed by atoms with Gasteiger partial charge >= 0.3 is 0 Å². The molecule has 1 saturated heterocycles. The molecule has 23 heavy (non-hydrogen) atoms. The third-order valence-electron chi connectivity index (χ3n) is 4.23. The number of rotatable bonds is 4. The summed E-state index contributed by atoms with van der Waals surface area (Å²) in [6.45, 7) is 9.51. The number of nitrogens with zero attached hydrogens (tertiary/aromatic N) is 4. The topological polar surface area (TPSA) is 44.3 Å². The van der Waals surface area contributed by atoms with Crippen LogP contribution < -0.4 is 10.2 Å². The van der Waals surface area contributed by atoms with E-state index < -0.39 is 0 Å². The van der Waals surface area contributed by atoms with Crippen molar-refractivity contribution in [2.24, 2.45) is 0 Å². The zero-order chi connectivity index (χ0) is 16.2. The number of piperazine rings is 1. The van der Waals surface area contributed by atoms with E-state index in [0.29, 0.717) is 11.0 Å². The van der Waals surface area contributed by atoms with Crippen molar-refractivity contribution in [3.8, 4) is 0 Å². The van der Waals surface area contributed by atoms with Crippen molar-refractivity contribution >= 4 is 29.1 Å². The number of likely N-dealkylation sites (N-methyl/N-ethyl adjacent to an activating group) is 1. The fourth-order valence-corrected chi connectivity index (χ4v) is 2.90. The fraction of sp³-hybridized carbons (Fsp3) is 0.412. The Bertz CT molecular complexity index is 668. The number of anilines is 3. The summed E-state index contributed by atoms with van der Waals surface area (Å²) in [4.78, 5) is 13.7. The van der Waals surface area contributed by atoms with Crippen LogP contribution in [0.15, 0.2) is 30.5 Å². The van der Waals surface area contributed by atoms with E-state index in [-0.39, 0.29) is 0 Å². The van der Waals surface area contributed by atoms with Gasteiger partial charge in [0.2, 0.25) is 5.95 Å². The molecule has 6 heteroatoms. The Morgan fingerprint density at radius 1 is 1.17 bits per heavy atom. The van der Waals surface area contributed by atoms with Gasteiger partial charge in [-0.05, 0) is 37.2 Å². The lowest BCUT2D eigenvalue weighted by molar-refractivity contribution is 0.270. The summed E-state index contributed by atoms with van der Waals surface area (Å²) in [5.41, 5.74) is 2.05. The van der Waals surface area contributed by atoms with Crippen molar-refractivity contribution in [3.63, 3.8) is 0 Å². The highest BCUT2D eigenvalue weighted by atomic mass is 35.5. The second-order valence-electron chi connectivity index (χ2n) is 5.74. The van der Waals surface area contributed by atoms with Crippen LogP contribution in [-0.2, 0) is 0 Å². The first-order valence-corrected chi connectivity index (χ1v) is 8.37. The van der Waals surface area contributed by atoms with Gasteiger partial charge < -0.3 is 15.1 Å². The summed E-state index contributed by atoms with van der Waals surface area (Å²) < 4.78 is 0. The minimum absolute atomic E-state index is 0.603. The molecule has 0 bridgehead atoms. The Morgan fingerprint density at radius 3 is 2.70 bits per heavy atom. The zero-order valence-electron chi connectivity index (χ0n) is 13.6. The van der Waals surface area contributed by atoms with Crippen molar-refractivity contribution in [2.45, 2.75) is 13.8 Å². The Balaban J connectivity index is 1.74. The Hall–Kier alpha value is -1.85.